The summed E-state index contributed by atoms with van der Waals surface area (Å²) < 4.78 is 0. The van der Waals surface area contributed by atoms with Gasteiger partial charge in [0.1, 0.15) is 0 Å². The minimum Gasteiger partial charge on any atom is -0.338 e. The summed E-state index contributed by atoms with van der Waals surface area (Å²) in [5, 5.41) is 3.14. The molecule has 29 heavy (non-hydrogen) atoms. The van der Waals surface area contributed by atoms with E-state index in [4.69, 9.17) is 4.98 Å². The number of carbonyl (C=O) groups is 1. The standard InChI is InChI=1S/C21H23N7O/c1-14-9-15(2)25-21(24-14)27-19-12-23-11-18(26-19)17-6-4-8-28(13-17)20(29)16-5-3-7-22-10-16/h3,5,7,9-12,17H,4,6,8,13H2,1-2H3,(H,24,25,26,27). The third kappa shape index (κ3) is 4.53. The number of nitrogens with zero attached hydrogens (tertiary/aromatic N) is 6. The number of amides is 1. The van der Waals surface area contributed by atoms with Crippen molar-refractivity contribution in [2.45, 2.75) is 32.6 Å². The highest BCUT2D eigenvalue weighted by atomic mass is 16.2. The molecule has 4 heterocycles. The summed E-state index contributed by atoms with van der Waals surface area (Å²) in [5.74, 6) is 1.25. The van der Waals surface area contributed by atoms with Gasteiger partial charge in [0.2, 0.25) is 5.95 Å². The van der Waals surface area contributed by atoms with E-state index in [1.54, 1.807) is 36.9 Å². The van der Waals surface area contributed by atoms with Gasteiger partial charge in [0.15, 0.2) is 5.82 Å². The molecule has 1 N–H and O–H groups in total. The molecule has 1 saturated heterocycles. The molecule has 148 valence electrons. The van der Waals surface area contributed by atoms with Crippen molar-refractivity contribution < 1.29 is 4.79 Å². The maximum absolute atomic E-state index is 12.8. The lowest BCUT2D eigenvalue weighted by molar-refractivity contribution is 0.0705. The van der Waals surface area contributed by atoms with E-state index in [9.17, 15) is 4.79 Å². The second-order valence-corrected chi connectivity index (χ2v) is 7.26. The van der Waals surface area contributed by atoms with Crippen molar-refractivity contribution in [3.63, 3.8) is 0 Å². The molecule has 4 rings (SSSR count). The monoisotopic (exact) mass is 389 g/mol. The van der Waals surface area contributed by atoms with Crippen LogP contribution in [0.5, 0.6) is 0 Å². The Morgan fingerprint density at radius 1 is 1.10 bits per heavy atom. The van der Waals surface area contributed by atoms with Crippen molar-refractivity contribution in [3.8, 4) is 0 Å². The lowest BCUT2D eigenvalue weighted by atomic mass is 9.94. The van der Waals surface area contributed by atoms with Gasteiger partial charge >= 0.3 is 0 Å². The first-order valence-corrected chi connectivity index (χ1v) is 9.69. The average molecular weight is 389 g/mol. The predicted molar refractivity (Wildman–Crippen MR) is 109 cm³/mol. The third-order valence-corrected chi connectivity index (χ3v) is 4.91. The molecule has 0 aliphatic carbocycles. The number of aryl methyl sites for hydroxylation is 2. The Morgan fingerprint density at radius 2 is 1.93 bits per heavy atom. The molecule has 0 spiro atoms. The molecule has 3 aromatic heterocycles. The Morgan fingerprint density at radius 3 is 2.69 bits per heavy atom. The van der Waals surface area contributed by atoms with Crippen LogP contribution in [0.3, 0.4) is 0 Å². The minimum absolute atomic E-state index is 0.00803. The van der Waals surface area contributed by atoms with Crippen LogP contribution < -0.4 is 5.32 Å². The molecule has 0 bridgehead atoms. The van der Waals surface area contributed by atoms with E-state index in [-0.39, 0.29) is 11.8 Å². The Balaban J connectivity index is 1.49. The Hall–Kier alpha value is -3.42. The molecule has 1 aliphatic heterocycles. The van der Waals surface area contributed by atoms with E-state index in [2.05, 4.69) is 25.3 Å². The molecule has 1 fully saturated rings. The van der Waals surface area contributed by atoms with Crippen LogP contribution in [0.2, 0.25) is 0 Å². The van der Waals surface area contributed by atoms with Crippen LogP contribution in [0.4, 0.5) is 11.8 Å². The number of aromatic nitrogens is 5. The SMILES string of the molecule is Cc1cc(C)nc(Nc2cncc(C3CCCN(C(=O)c4cccnc4)C3)n2)n1. The first kappa shape index (κ1) is 18.9. The fourth-order valence-corrected chi connectivity index (χ4v) is 3.61. The number of piperidine rings is 1. The third-order valence-electron chi connectivity index (χ3n) is 4.91. The number of hydrogen-bond acceptors (Lipinski definition) is 7. The zero-order chi connectivity index (χ0) is 20.2. The molecule has 3 aromatic rings. The van der Waals surface area contributed by atoms with E-state index in [0.717, 1.165) is 36.5 Å². The van der Waals surface area contributed by atoms with Gasteiger partial charge in [-0.1, -0.05) is 0 Å². The molecular formula is C21H23N7O. The number of anilines is 2. The number of nitrogens with one attached hydrogen (secondary N) is 1. The zero-order valence-corrected chi connectivity index (χ0v) is 16.5. The van der Waals surface area contributed by atoms with Crippen molar-refractivity contribution in [2.75, 3.05) is 18.4 Å². The van der Waals surface area contributed by atoms with Crippen molar-refractivity contribution in [1.29, 1.82) is 0 Å². The molecule has 0 radical (unpaired) electrons. The van der Waals surface area contributed by atoms with Crippen molar-refractivity contribution in [3.05, 3.63) is 65.6 Å². The molecule has 0 aromatic carbocycles. The summed E-state index contributed by atoms with van der Waals surface area (Å²) in [4.78, 5) is 36.5. The van der Waals surface area contributed by atoms with Crippen LogP contribution in [0.25, 0.3) is 0 Å². The van der Waals surface area contributed by atoms with Gasteiger partial charge in [0.25, 0.3) is 5.91 Å². The second kappa shape index (κ2) is 8.30. The van der Waals surface area contributed by atoms with Crippen LogP contribution in [-0.2, 0) is 0 Å². The van der Waals surface area contributed by atoms with E-state index in [1.807, 2.05) is 24.8 Å². The summed E-state index contributed by atoms with van der Waals surface area (Å²) in [6, 6.07) is 5.50. The summed E-state index contributed by atoms with van der Waals surface area (Å²) in [7, 11) is 0. The van der Waals surface area contributed by atoms with E-state index >= 15 is 0 Å². The highest BCUT2D eigenvalue weighted by molar-refractivity contribution is 5.94. The Labute approximate surface area is 169 Å². The molecule has 1 unspecified atom stereocenters. The molecule has 1 amide bonds. The Kier molecular flexibility index (Phi) is 5.41. The smallest absolute Gasteiger partial charge is 0.255 e. The highest BCUT2D eigenvalue weighted by Gasteiger charge is 2.26. The van der Waals surface area contributed by atoms with Crippen molar-refractivity contribution in [1.82, 2.24) is 29.8 Å². The normalized spacial score (nSPS) is 16.5. The predicted octanol–water partition coefficient (Wildman–Crippen LogP) is 3.04. The molecule has 1 atom stereocenters. The van der Waals surface area contributed by atoms with E-state index in [1.165, 1.54) is 0 Å². The van der Waals surface area contributed by atoms with Crippen molar-refractivity contribution >= 4 is 17.7 Å². The maximum atomic E-state index is 12.8. The first-order valence-electron chi connectivity index (χ1n) is 9.69. The van der Waals surface area contributed by atoms with Crippen LogP contribution in [-0.4, -0.2) is 48.8 Å². The summed E-state index contributed by atoms with van der Waals surface area (Å²) >= 11 is 0. The number of carbonyl (C=O) groups excluding carboxylic acids is 1. The van der Waals surface area contributed by atoms with Gasteiger partial charge in [-0.25, -0.2) is 15.0 Å². The lowest BCUT2D eigenvalue weighted by Gasteiger charge is -2.32. The topological polar surface area (TPSA) is 96.8 Å². The van der Waals surface area contributed by atoms with Gasteiger partial charge in [0.05, 0.1) is 17.5 Å². The second-order valence-electron chi connectivity index (χ2n) is 7.26. The van der Waals surface area contributed by atoms with Crippen LogP contribution in [0.1, 0.15) is 46.2 Å². The van der Waals surface area contributed by atoms with Gasteiger partial charge in [-0.15, -0.1) is 0 Å². The maximum Gasteiger partial charge on any atom is 0.255 e. The minimum atomic E-state index is 0.00803. The lowest BCUT2D eigenvalue weighted by Crippen LogP contribution is -2.39. The molecule has 8 nitrogen and oxygen atoms in total. The largest absolute Gasteiger partial charge is 0.338 e. The van der Waals surface area contributed by atoms with E-state index in [0.29, 0.717) is 23.9 Å². The molecule has 1 aliphatic rings. The number of rotatable bonds is 4. The summed E-state index contributed by atoms with van der Waals surface area (Å²) in [6.07, 6.45) is 8.61. The fourth-order valence-electron chi connectivity index (χ4n) is 3.61. The fraction of sp³-hybridized carbons (Fsp3) is 0.333. The van der Waals surface area contributed by atoms with Gasteiger partial charge in [-0.2, -0.15) is 0 Å². The summed E-state index contributed by atoms with van der Waals surface area (Å²) in [5.41, 5.74) is 3.26. The molecule has 0 saturated carbocycles. The van der Waals surface area contributed by atoms with E-state index < -0.39 is 0 Å². The van der Waals surface area contributed by atoms with Gasteiger partial charge < -0.3 is 10.2 Å². The zero-order valence-electron chi connectivity index (χ0n) is 16.5. The first-order chi connectivity index (χ1) is 14.1. The van der Waals surface area contributed by atoms with Gasteiger partial charge in [0, 0.05) is 49.0 Å². The molecular weight excluding hydrogens is 366 g/mol. The number of pyridine rings is 1. The van der Waals surface area contributed by atoms with Crippen LogP contribution in [0, 0.1) is 13.8 Å². The average Bonchev–Trinajstić information content (AvgIpc) is 2.73. The number of hydrogen-bond donors (Lipinski definition) is 1. The van der Waals surface area contributed by atoms with Crippen molar-refractivity contribution in [2.24, 2.45) is 0 Å². The van der Waals surface area contributed by atoms with Gasteiger partial charge in [-0.05, 0) is 44.9 Å². The quantitative estimate of drug-likeness (QED) is 0.732. The highest BCUT2D eigenvalue weighted by Crippen LogP contribution is 2.27. The summed E-state index contributed by atoms with van der Waals surface area (Å²) in [6.45, 7) is 5.22. The Bertz CT molecular complexity index is 989. The van der Waals surface area contributed by atoms with Crippen LogP contribution >= 0.6 is 0 Å². The van der Waals surface area contributed by atoms with Crippen LogP contribution in [0.15, 0.2) is 43.0 Å². The van der Waals surface area contributed by atoms with Gasteiger partial charge in [-0.3, -0.25) is 14.8 Å². The number of likely N-dealkylation sites (tertiary alicyclic amines) is 1. The molecule has 8 heteroatoms.